The molecule has 1 nitrogen and oxygen atoms in total. The number of hydrogen-bond donors (Lipinski definition) is 0. The van der Waals surface area contributed by atoms with E-state index in [1.54, 1.807) is 0 Å². The van der Waals surface area contributed by atoms with Crippen LogP contribution in [0, 0.1) is 23.7 Å². The van der Waals surface area contributed by atoms with Crippen molar-refractivity contribution in [2.24, 2.45) is 23.7 Å². The maximum atomic E-state index is 9.75. The Hall–Kier alpha value is -4.10. The Balaban J connectivity index is 1.28. The normalized spacial score (nSPS) is 30.4. The van der Waals surface area contributed by atoms with Gasteiger partial charge in [-0.3, -0.25) is 0 Å². The van der Waals surface area contributed by atoms with Gasteiger partial charge in [-0.2, -0.15) is 0 Å². The van der Waals surface area contributed by atoms with E-state index in [0.717, 1.165) is 47.2 Å². The van der Waals surface area contributed by atoms with Crippen LogP contribution in [0.3, 0.4) is 0 Å². The van der Waals surface area contributed by atoms with Crippen LogP contribution in [-0.2, 0) is 16.2 Å². The molecule has 5 aromatic carbocycles. The van der Waals surface area contributed by atoms with E-state index in [4.69, 9.17) is 6.85 Å². The molecule has 0 unspecified atom stereocenters. The summed E-state index contributed by atoms with van der Waals surface area (Å²) in [6, 6.07) is 17.3. The molecule has 0 aromatic heterocycles. The fourth-order valence-electron chi connectivity index (χ4n) is 11.4. The van der Waals surface area contributed by atoms with Gasteiger partial charge >= 0.3 is 0 Å². The van der Waals surface area contributed by atoms with Crippen LogP contribution in [0.15, 0.2) is 115 Å². The second kappa shape index (κ2) is 10.5. The topological polar surface area (TPSA) is 3.24 Å². The minimum atomic E-state index is -0.588. The summed E-state index contributed by atoms with van der Waals surface area (Å²) in [6.45, 7) is 9.10. The summed E-state index contributed by atoms with van der Waals surface area (Å²) in [7, 11) is 0. The molecule has 0 radical (unpaired) electrons. The third-order valence-corrected chi connectivity index (χ3v) is 13.5. The lowest BCUT2D eigenvalue weighted by atomic mass is 9.43. The summed E-state index contributed by atoms with van der Waals surface area (Å²) < 4.78 is 80.7. The third kappa shape index (κ3) is 4.24. The molecule has 1 heteroatoms. The largest absolute Gasteiger partial charge is 0.310 e. The van der Waals surface area contributed by atoms with Crippen LogP contribution >= 0.6 is 0 Å². The molecule has 0 aliphatic heterocycles. The zero-order chi connectivity index (χ0) is 41.0. The molecule has 246 valence electrons. The minimum Gasteiger partial charge on any atom is -0.310 e. The van der Waals surface area contributed by atoms with Gasteiger partial charge in [-0.1, -0.05) is 112 Å². The summed E-state index contributed by atoms with van der Waals surface area (Å²) >= 11 is 0. The van der Waals surface area contributed by atoms with Crippen molar-refractivity contribution in [2.75, 3.05) is 4.90 Å². The van der Waals surface area contributed by atoms with Crippen LogP contribution in [0.1, 0.15) is 107 Å². The average Bonchev–Trinajstić information content (AvgIpc) is 3.50. The standard InChI is InChI=1S/C48H49N/c1-46(2)23-24-47(3,4)43-30-38(21-22-41(43)46)49(37-19-17-34(18-20-37)33-11-6-5-7-12-33)44-16-10-15-42-45(44)39-13-8-9-14-40(39)48(42)35-26-31-25-32(28-35)29-36(48)27-31/h5-22,30-32,35-36H,23-29H2,1-4H3/i5D,6D,7D,11D,12D,17D,18D,19D,20D. The first-order valence-corrected chi connectivity index (χ1v) is 18.3. The van der Waals surface area contributed by atoms with Gasteiger partial charge < -0.3 is 4.90 Å². The maximum absolute atomic E-state index is 9.75. The lowest BCUT2D eigenvalue weighted by Crippen LogP contribution is -2.55. The van der Waals surface area contributed by atoms with Crippen LogP contribution in [0.5, 0.6) is 0 Å². The summed E-state index contributed by atoms with van der Waals surface area (Å²) in [6.07, 6.45) is 8.28. The van der Waals surface area contributed by atoms with Gasteiger partial charge in [-0.15, -0.1) is 0 Å². The predicted octanol–water partition coefficient (Wildman–Crippen LogP) is 12.9. The van der Waals surface area contributed by atoms with Crippen molar-refractivity contribution in [3.8, 4) is 22.3 Å². The predicted molar refractivity (Wildman–Crippen MR) is 205 cm³/mol. The van der Waals surface area contributed by atoms with E-state index < -0.39 is 42.3 Å². The van der Waals surface area contributed by atoms with Crippen molar-refractivity contribution >= 4 is 17.1 Å². The molecule has 5 aromatic rings. The monoisotopic (exact) mass is 648 g/mol. The molecule has 6 aliphatic rings. The molecule has 0 amide bonds. The SMILES string of the molecule is [2H]c1c([2H])c([2H])c(-c2c([2H])c([2H])c(N(c3ccc4c(c3)C(C)(C)CCC4(C)C)c3cccc4c3-c3ccccc3C43C4CC5CC(C4)CC3C5)c([2H])c2[2H])c([2H])c1[2H]. The Labute approximate surface area is 306 Å². The number of fused-ring (bicyclic) bond motifs is 4. The Morgan fingerprint density at radius 3 is 1.92 bits per heavy atom. The van der Waals surface area contributed by atoms with Gasteiger partial charge in [0.1, 0.15) is 0 Å². The number of rotatable bonds is 4. The van der Waals surface area contributed by atoms with Crippen LogP contribution in [0.25, 0.3) is 22.3 Å². The summed E-state index contributed by atoms with van der Waals surface area (Å²) in [4.78, 5) is 1.94. The van der Waals surface area contributed by atoms with Crippen molar-refractivity contribution < 1.29 is 12.3 Å². The van der Waals surface area contributed by atoms with E-state index in [-0.39, 0.29) is 45.1 Å². The highest BCUT2D eigenvalue weighted by Gasteiger charge is 2.61. The van der Waals surface area contributed by atoms with Gasteiger partial charge in [0.25, 0.3) is 0 Å². The molecule has 0 heterocycles. The van der Waals surface area contributed by atoms with Crippen molar-refractivity contribution in [1.82, 2.24) is 0 Å². The second-order valence-electron chi connectivity index (χ2n) is 17.0. The molecule has 4 fully saturated rings. The summed E-state index contributed by atoms with van der Waals surface area (Å²) in [5, 5.41) is 0. The lowest BCUT2D eigenvalue weighted by molar-refractivity contribution is -0.0399. The van der Waals surface area contributed by atoms with E-state index in [1.165, 1.54) is 54.4 Å². The van der Waals surface area contributed by atoms with Gasteiger partial charge in [0.05, 0.1) is 18.0 Å². The number of hydrogen-bond acceptors (Lipinski definition) is 1. The molecule has 4 saturated carbocycles. The summed E-state index contributed by atoms with van der Waals surface area (Å²) in [5.41, 5.74) is 7.98. The van der Waals surface area contributed by atoms with Crippen molar-refractivity contribution in [3.05, 3.63) is 137 Å². The first-order valence-electron chi connectivity index (χ1n) is 22.8. The third-order valence-electron chi connectivity index (χ3n) is 13.5. The first-order chi connectivity index (χ1) is 27.5. The zero-order valence-electron chi connectivity index (χ0n) is 38.0. The van der Waals surface area contributed by atoms with Crippen LogP contribution in [-0.4, -0.2) is 0 Å². The highest BCUT2D eigenvalue weighted by Crippen LogP contribution is 2.70. The number of benzene rings is 5. The Bertz CT molecular complexity index is 2520. The highest BCUT2D eigenvalue weighted by molar-refractivity contribution is 5.95. The van der Waals surface area contributed by atoms with Gasteiger partial charge in [-0.05, 0) is 149 Å². The van der Waals surface area contributed by atoms with Gasteiger partial charge in [0.2, 0.25) is 0 Å². The molecule has 0 saturated heterocycles. The number of anilines is 3. The Morgan fingerprint density at radius 1 is 0.571 bits per heavy atom. The lowest BCUT2D eigenvalue weighted by Gasteiger charge is -2.61. The maximum Gasteiger partial charge on any atom is 0.0645 e. The molecule has 1 spiro atoms. The van der Waals surface area contributed by atoms with Gasteiger partial charge in [0, 0.05) is 22.4 Å². The van der Waals surface area contributed by atoms with E-state index in [1.807, 2.05) is 4.90 Å². The van der Waals surface area contributed by atoms with Gasteiger partial charge in [0.15, 0.2) is 0 Å². The molecular formula is C48H49N. The molecule has 4 bridgehead atoms. The fourth-order valence-corrected chi connectivity index (χ4v) is 11.4. The molecule has 6 aliphatic carbocycles. The molecule has 49 heavy (non-hydrogen) atoms. The minimum absolute atomic E-state index is 0.0531. The average molecular weight is 649 g/mol. The van der Waals surface area contributed by atoms with Crippen LogP contribution in [0.4, 0.5) is 17.1 Å². The van der Waals surface area contributed by atoms with Crippen molar-refractivity contribution in [3.63, 3.8) is 0 Å². The van der Waals surface area contributed by atoms with Crippen molar-refractivity contribution in [2.45, 2.75) is 88.9 Å². The Kier molecular flexibility index (Phi) is 4.67. The zero-order valence-corrected chi connectivity index (χ0v) is 29.0. The summed E-state index contributed by atoms with van der Waals surface area (Å²) in [5.74, 6) is 2.60. The molecule has 0 N–H and O–H groups in total. The Morgan fingerprint density at radius 2 is 1.20 bits per heavy atom. The highest BCUT2D eigenvalue weighted by atomic mass is 15.1. The molecular weight excluding hydrogens is 591 g/mol. The first kappa shape index (κ1) is 21.9. The van der Waals surface area contributed by atoms with E-state index in [2.05, 4.69) is 88.4 Å². The van der Waals surface area contributed by atoms with Crippen LogP contribution < -0.4 is 4.90 Å². The van der Waals surface area contributed by atoms with Crippen LogP contribution in [0.2, 0.25) is 0 Å². The molecule has 0 atom stereocenters. The van der Waals surface area contributed by atoms with E-state index >= 15 is 0 Å². The van der Waals surface area contributed by atoms with E-state index in [9.17, 15) is 5.48 Å². The van der Waals surface area contributed by atoms with Crippen molar-refractivity contribution in [1.29, 1.82) is 0 Å². The smallest absolute Gasteiger partial charge is 0.0645 e. The number of nitrogens with zero attached hydrogens (tertiary/aromatic N) is 1. The fraction of sp³-hybridized carbons (Fsp3) is 0.375. The quantitative estimate of drug-likeness (QED) is 0.187. The second-order valence-corrected chi connectivity index (χ2v) is 17.0. The molecule has 11 rings (SSSR count). The van der Waals surface area contributed by atoms with Gasteiger partial charge in [-0.25, -0.2) is 0 Å². The van der Waals surface area contributed by atoms with E-state index in [0.29, 0.717) is 11.8 Å².